The summed E-state index contributed by atoms with van der Waals surface area (Å²) < 4.78 is 0. The lowest BCUT2D eigenvalue weighted by Gasteiger charge is -2.46. The summed E-state index contributed by atoms with van der Waals surface area (Å²) in [6, 6.07) is 5.10. The van der Waals surface area contributed by atoms with Crippen LogP contribution < -0.4 is 5.32 Å². The summed E-state index contributed by atoms with van der Waals surface area (Å²) in [5, 5.41) is 3.83. The Kier molecular flexibility index (Phi) is 4.09. The molecule has 2 saturated heterocycles. The van der Waals surface area contributed by atoms with Crippen LogP contribution in [0.4, 0.5) is 0 Å². The summed E-state index contributed by atoms with van der Waals surface area (Å²) in [6.07, 6.45) is 7.79. The number of hydrogen-bond donors (Lipinski definition) is 1. The van der Waals surface area contributed by atoms with Crippen LogP contribution in [0.15, 0.2) is 23.8 Å². The Morgan fingerprint density at radius 2 is 2.19 bits per heavy atom. The topological polar surface area (TPSA) is 58.1 Å². The lowest BCUT2D eigenvalue weighted by Crippen LogP contribution is -2.55. The van der Waals surface area contributed by atoms with Crippen LogP contribution in [0, 0.1) is 12.3 Å². The number of amides is 1. The van der Waals surface area contributed by atoms with Crippen LogP contribution in [0.2, 0.25) is 0 Å². The zero-order valence-electron chi connectivity index (χ0n) is 15.9. The number of carbonyl (C=O) groups is 1. The summed E-state index contributed by atoms with van der Waals surface area (Å²) in [6.45, 7) is 5.19. The summed E-state index contributed by atoms with van der Waals surface area (Å²) in [5.41, 5.74) is 4.46. The van der Waals surface area contributed by atoms with E-state index in [0.717, 1.165) is 34.8 Å². The molecule has 2 aromatic rings. The molecule has 6 heteroatoms. The number of piperidine rings is 1. The van der Waals surface area contributed by atoms with Crippen molar-refractivity contribution in [3.8, 4) is 10.6 Å². The molecule has 27 heavy (non-hydrogen) atoms. The van der Waals surface area contributed by atoms with Gasteiger partial charge < -0.3 is 10.2 Å². The highest BCUT2D eigenvalue weighted by molar-refractivity contribution is 7.13. The van der Waals surface area contributed by atoms with Crippen molar-refractivity contribution in [3.63, 3.8) is 0 Å². The number of carbonyl (C=O) groups excluding carboxylic acids is 1. The maximum absolute atomic E-state index is 13.7. The van der Waals surface area contributed by atoms with Crippen molar-refractivity contribution in [2.45, 2.75) is 64.1 Å². The molecule has 0 unspecified atom stereocenters. The fourth-order valence-corrected chi connectivity index (χ4v) is 6.48. The van der Waals surface area contributed by atoms with Gasteiger partial charge in [-0.15, -0.1) is 11.3 Å². The lowest BCUT2D eigenvalue weighted by molar-refractivity contribution is 0.0284. The minimum atomic E-state index is 0.135. The van der Waals surface area contributed by atoms with E-state index in [-0.39, 0.29) is 11.3 Å². The molecule has 0 radical (unpaired) electrons. The van der Waals surface area contributed by atoms with Crippen molar-refractivity contribution in [3.05, 3.63) is 35.1 Å². The normalized spacial score (nSPS) is 32.4. The molecule has 2 aromatic heterocycles. The van der Waals surface area contributed by atoms with Gasteiger partial charge in [-0.25, -0.2) is 4.98 Å². The monoisotopic (exact) mass is 382 g/mol. The highest BCUT2D eigenvalue weighted by Gasteiger charge is 2.55. The number of nitrogens with zero attached hydrogens (tertiary/aromatic N) is 3. The SMILES string of the molecule is Cc1ncsc1-c1ncccc1C(=O)N1C[C@@H]2C[C@@]3(C)[C@H](CCCC[C@@H]13)N2. The first-order valence-corrected chi connectivity index (χ1v) is 10.9. The van der Waals surface area contributed by atoms with Gasteiger partial charge in [0, 0.05) is 36.3 Å². The molecular formula is C21H26N4OS. The molecular weight excluding hydrogens is 356 g/mol. The Balaban J connectivity index is 1.55. The van der Waals surface area contributed by atoms with E-state index in [1.54, 1.807) is 17.5 Å². The van der Waals surface area contributed by atoms with E-state index < -0.39 is 0 Å². The molecule has 1 aliphatic carbocycles. The number of thiazole rings is 1. The minimum Gasteiger partial charge on any atom is -0.333 e. The average molecular weight is 383 g/mol. The van der Waals surface area contributed by atoms with E-state index >= 15 is 0 Å². The van der Waals surface area contributed by atoms with E-state index in [1.807, 2.05) is 24.6 Å². The van der Waals surface area contributed by atoms with Crippen molar-refractivity contribution < 1.29 is 4.79 Å². The van der Waals surface area contributed by atoms with Crippen molar-refractivity contribution >= 4 is 17.2 Å². The molecule has 0 aromatic carbocycles. The van der Waals surface area contributed by atoms with Gasteiger partial charge in [0.1, 0.15) is 0 Å². The second-order valence-electron chi connectivity index (χ2n) is 8.55. The Bertz CT molecular complexity index is 881. The molecule has 1 N–H and O–H groups in total. The van der Waals surface area contributed by atoms with Gasteiger partial charge in [-0.3, -0.25) is 9.78 Å². The fourth-order valence-electron chi connectivity index (χ4n) is 5.67. The van der Waals surface area contributed by atoms with Crippen LogP contribution in [0.1, 0.15) is 55.1 Å². The first-order chi connectivity index (χ1) is 13.1. The summed E-state index contributed by atoms with van der Waals surface area (Å²) in [4.78, 5) is 25.8. The highest BCUT2D eigenvalue weighted by Crippen LogP contribution is 2.49. The lowest BCUT2D eigenvalue weighted by atomic mass is 9.71. The second-order valence-corrected chi connectivity index (χ2v) is 9.41. The van der Waals surface area contributed by atoms with E-state index in [2.05, 4.69) is 27.1 Å². The van der Waals surface area contributed by atoms with Crippen LogP contribution in [-0.2, 0) is 0 Å². The summed E-state index contributed by atoms with van der Waals surface area (Å²) in [7, 11) is 0. The first-order valence-electron chi connectivity index (χ1n) is 10.0. The van der Waals surface area contributed by atoms with Crippen LogP contribution in [0.5, 0.6) is 0 Å². The van der Waals surface area contributed by atoms with Crippen molar-refractivity contribution in [2.75, 3.05) is 6.54 Å². The van der Waals surface area contributed by atoms with Crippen molar-refractivity contribution in [2.24, 2.45) is 5.41 Å². The summed E-state index contributed by atoms with van der Waals surface area (Å²) >= 11 is 1.56. The number of aromatic nitrogens is 2. The van der Waals surface area contributed by atoms with Crippen LogP contribution >= 0.6 is 11.3 Å². The molecule has 5 rings (SSSR count). The van der Waals surface area contributed by atoms with Gasteiger partial charge in [-0.2, -0.15) is 0 Å². The van der Waals surface area contributed by atoms with Crippen LogP contribution in [0.3, 0.4) is 0 Å². The van der Waals surface area contributed by atoms with Gasteiger partial charge in [0.2, 0.25) is 0 Å². The first kappa shape index (κ1) is 17.3. The Morgan fingerprint density at radius 1 is 1.33 bits per heavy atom. The molecule has 2 bridgehead atoms. The zero-order valence-corrected chi connectivity index (χ0v) is 16.8. The molecule has 4 atom stereocenters. The molecule has 142 valence electrons. The molecule has 1 amide bonds. The quantitative estimate of drug-likeness (QED) is 0.861. The molecule has 2 aliphatic heterocycles. The van der Waals surface area contributed by atoms with E-state index in [4.69, 9.17) is 0 Å². The third-order valence-electron chi connectivity index (χ3n) is 6.95. The van der Waals surface area contributed by atoms with Crippen molar-refractivity contribution in [1.29, 1.82) is 0 Å². The highest BCUT2D eigenvalue weighted by atomic mass is 32.1. The Morgan fingerprint density at radius 3 is 3.00 bits per heavy atom. The third-order valence-corrected chi connectivity index (χ3v) is 7.89. The van der Waals surface area contributed by atoms with E-state index in [9.17, 15) is 4.79 Å². The molecule has 3 aliphatic rings. The van der Waals surface area contributed by atoms with Gasteiger partial charge in [0.15, 0.2) is 0 Å². The third kappa shape index (κ3) is 2.64. The maximum atomic E-state index is 13.7. The van der Waals surface area contributed by atoms with Crippen molar-refractivity contribution in [1.82, 2.24) is 20.2 Å². The number of rotatable bonds is 2. The van der Waals surface area contributed by atoms with Crippen LogP contribution in [0.25, 0.3) is 10.6 Å². The fraction of sp³-hybridized carbons (Fsp3) is 0.571. The number of aryl methyl sites for hydroxylation is 1. The Hall–Kier alpha value is -1.79. The summed E-state index contributed by atoms with van der Waals surface area (Å²) in [5.74, 6) is 0.135. The van der Waals surface area contributed by atoms with E-state index in [0.29, 0.717) is 18.1 Å². The number of fused-ring (bicyclic) bond motifs is 1. The Labute approximate surface area is 164 Å². The van der Waals surface area contributed by atoms with Gasteiger partial charge in [0.05, 0.1) is 27.3 Å². The molecule has 3 fully saturated rings. The number of nitrogens with one attached hydrogen (secondary N) is 1. The molecule has 1 saturated carbocycles. The van der Waals surface area contributed by atoms with Gasteiger partial charge >= 0.3 is 0 Å². The second kappa shape index (κ2) is 6.38. The number of pyridine rings is 1. The standard InChI is InChI=1S/C21H26N4OS/c1-13-19(27-12-23-13)18-15(6-5-9-22-18)20(26)25-11-14-10-21(2)16(24-14)7-3-4-8-17(21)25/h5-6,9,12,14,16-17,24H,3-4,7-8,10-11H2,1-2H3/t14-,16-,17+,21-/m0/s1. The minimum absolute atomic E-state index is 0.135. The van der Waals surface area contributed by atoms with Gasteiger partial charge in [-0.1, -0.05) is 19.8 Å². The molecule has 5 nitrogen and oxygen atoms in total. The van der Waals surface area contributed by atoms with Crippen LogP contribution in [-0.4, -0.2) is 45.4 Å². The van der Waals surface area contributed by atoms with Gasteiger partial charge in [0.25, 0.3) is 5.91 Å². The maximum Gasteiger partial charge on any atom is 0.256 e. The predicted octanol–water partition coefficient (Wildman–Crippen LogP) is 3.65. The smallest absolute Gasteiger partial charge is 0.256 e. The van der Waals surface area contributed by atoms with E-state index in [1.165, 1.54) is 25.7 Å². The average Bonchev–Trinajstić information content (AvgIpc) is 3.16. The molecule has 0 spiro atoms. The number of likely N-dealkylation sites (tertiary alicyclic amines) is 1. The predicted molar refractivity (Wildman–Crippen MR) is 107 cm³/mol. The largest absolute Gasteiger partial charge is 0.333 e. The molecule has 4 heterocycles. The zero-order chi connectivity index (χ0) is 18.6. The van der Waals surface area contributed by atoms with Gasteiger partial charge in [-0.05, 0) is 38.3 Å². The number of hydrogen-bond acceptors (Lipinski definition) is 5.